The molecule has 1 N–H and O–H groups in total. The van der Waals surface area contributed by atoms with Crippen molar-refractivity contribution in [1.82, 2.24) is 5.32 Å². The zero-order valence-corrected chi connectivity index (χ0v) is 12.0. The largest absolute Gasteiger partial charge is 0.381 e. The quantitative estimate of drug-likeness (QED) is 0.696. The Hall–Kier alpha value is -1.35. The molecule has 0 atom stereocenters. The standard InChI is InChI=1S/C16H25NO2/c1-14(2)13-16(18)17-10-6-11-19-12-9-15-7-4-3-5-8-15/h3-5,7-8,14H,6,9-13H2,1-2H3,(H,17,18). The van der Waals surface area contributed by atoms with Crippen molar-refractivity contribution in [3.05, 3.63) is 35.9 Å². The van der Waals surface area contributed by atoms with Crippen LogP contribution in [0.4, 0.5) is 0 Å². The second-order valence-electron chi connectivity index (χ2n) is 5.15. The van der Waals surface area contributed by atoms with Gasteiger partial charge < -0.3 is 10.1 Å². The molecule has 0 saturated heterocycles. The molecule has 19 heavy (non-hydrogen) atoms. The van der Waals surface area contributed by atoms with Gasteiger partial charge in [0.25, 0.3) is 0 Å². The maximum absolute atomic E-state index is 11.4. The van der Waals surface area contributed by atoms with E-state index in [4.69, 9.17) is 4.74 Å². The molecule has 0 aliphatic heterocycles. The summed E-state index contributed by atoms with van der Waals surface area (Å²) < 4.78 is 5.55. The van der Waals surface area contributed by atoms with Crippen LogP contribution in [0.2, 0.25) is 0 Å². The number of hydrogen-bond donors (Lipinski definition) is 1. The first kappa shape index (κ1) is 15.7. The zero-order chi connectivity index (χ0) is 13.9. The van der Waals surface area contributed by atoms with E-state index in [1.54, 1.807) is 0 Å². The van der Waals surface area contributed by atoms with Crippen molar-refractivity contribution in [1.29, 1.82) is 0 Å². The lowest BCUT2D eigenvalue weighted by atomic mass is 10.1. The number of rotatable bonds is 9. The smallest absolute Gasteiger partial charge is 0.220 e. The lowest BCUT2D eigenvalue weighted by molar-refractivity contribution is -0.121. The molecule has 0 heterocycles. The Labute approximate surface area is 116 Å². The molecule has 0 aromatic heterocycles. The van der Waals surface area contributed by atoms with Gasteiger partial charge in [0, 0.05) is 19.6 Å². The molecule has 0 saturated carbocycles. The van der Waals surface area contributed by atoms with Gasteiger partial charge >= 0.3 is 0 Å². The first-order valence-corrected chi connectivity index (χ1v) is 7.07. The van der Waals surface area contributed by atoms with Crippen LogP contribution in [-0.4, -0.2) is 25.7 Å². The molecule has 1 aromatic carbocycles. The molecule has 3 heteroatoms. The van der Waals surface area contributed by atoms with E-state index in [0.717, 1.165) is 19.4 Å². The predicted octanol–water partition coefficient (Wildman–Crippen LogP) is 2.80. The fourth-order valence-corrected chi connectivity index (χ4v) is 1.78. The van der Waals surface area contributed by atoms with Crippen LogP contribution >= 0.6 is 0 Å². The first-order chi connectivity index (χ1) is 9.18. The molecule has 1 aromatic rings. The molecule has 0 aliphatic rings. The van der Waals surface area contributed by atoms with Crippen LogP contribution in [0.1, 0.15) is 32.3 Å². The van der Waals surface area contributed by atoms with Crippen molar-refractivity contribution < 1.29 is 9.53 Å². The van der Waals surface area contributed by atoms with Gasteiger partial charge in [-0.25, -0.2) is 0 Å². The Morgan fingerprint density at radius 3 is 2.63 bits per heavy atom. The van der Waals surface area contributed by atoms with Gasteiger partial charge in [-0.2, -0.15) is 0 Å². The van der Waals surface area contributed by atoms with E-state index in [0.29, 0.717) is 25.5 Å². The van der Waals surface area contributed by atoms with Crippen molar-refractivity contribution in [2.24, 2.45) is 5.92 Å². The third kappa shape index (κ3) is 8.38. The summed E-state index contributed by atoms with van der Waals surface area (Å²) in [5.74, 6) is 0.557. The second kappa shape index (κ2) is 9.56. The van der Waals surface area contributed by atoms with Crippen molar-refractivity contribution >= 4 is 5.91 Å². The molecule has 0 bridgehead atoms. The summed E-state index contributed by atoms with van der Waals surface area (Å²) in [6.07, 6.45) is 2.42. The molecular formula is C16H25NO2. The highest BCUT2D eigenvalue weighted by Gasteiger charge is 2.03. The van der Waals surface area contributed by atoms with Gasteiger partial charge in [0.2, 0.25) is 5.91 Å². The fraction of sp³-hybridized carbons (Fsp3) is 0.562. The van der Waals surface area contributed by atoms with E-state index >= 15 is 0 Å². The van der Waals surface area contributed by atoms with Crippen LogP contribution in [0, 0.1) is 5.92 Å². The molecule has 0 unspecified atom stereocenters. The van der Waals surface area contributed by atoms with Gasteiger partial charge in [-0.15, -0.1) is 0 Å². The van der Waals surface area contributed by atoms with Crippen LogP contribution in [0.15, 0.2) is 30.3 Å². The highest BCUT2D eigenvalue weighted by Crippen LogP contribution is 2.00. The second-order valence-corrected chi connectivity index (χ2v) is 5.15. The molecule has 0 spiro atoms. The SMILES string of the molecule is CC(C)CC(=O)NCCCOCCc1ccccc1. The minimum atomic E-state index is 0.138. The molecule has 3 nitrogen and oxygen atoms in total. The van der Waals surface area contributed by atoms with E-state index in [9.17, 15) is 4.79 Å². The Morgan fingerprint density at radius 1 is 1.21 bits per heavy atom. The van der Waals surface area contributed by atoms with E-state index in [1.807, 2.05) is 32.0 Å². The van der Waals surface area contributed by atoms with E-state index in [2.05, 4.69) is 17.4 Å². The molecule has 1 amide bonds. The van der Waals surface area contributed by atoms with E-state index in [1.165, 1.54) is 5.56 Å². The Kier molecular flexibility index (Phi) is 7.91. The third-order valence-corrected chi connectivity index (χ3v) is 2.76. The maximum atomic E-state index is 11.4. The normalized spacial score (nSPS) is 10.7. The topological polar surface area (TPSA) is 38.3 Å². The number of ether oxygens (including phenoxy) is 1. The molecular weight excluding hydrogens is 238 g/mol. The number of benzene rings is 1. The van der Waals surface area contributed by atoms with E-state index in [-0.39, 0.29) is 5.91 Å². The van der Waals surface area contributed by atoms with Gasteiger partial charge in [0.1, 0.15) is 0 Å². The summed E-state index contributed by atoms with van der Waals surface area (Å²) >= 11 is 0. The third-order valence-electron chi connectivity index (χ3n) is 2.76. The van der Waals surface area contributed by atoms with Gasteiger partial charge in [-0.1, -0.05) is 44.2 Å². The fourth-order valence-electron chi connectivity index (χ4n) is 1.78. The van der Waals surface area contributed by atoms with Crippen molar-refractivity contribution in [3.8, 4) is 0 Å². The van der Waals surface area contributed by atoms with Gasteiger partial charge in [-0.3, -0.25) is 4.79 Å². The summed E-state index contributed by atoms with van der Waals surface area (Å²) in [7, 11) is 0. The summed E-state index contributed by atoms with van der Waals surface area (Å²) in [4.78, 5) is 11.4. The number of hydrogen-bond acceptors (Lipinski definition) is 2. The highest BCUT2D eigenvalue weighted by atomic mass is 16.5. The number of carbonyl (C=O) groups excluding carboxylic acids is 1. The lowest BCUT2D eigenvalue weighted by Crippen LogP contribution is -2.26. The van der Waals surface area contributed by atoms with Crippen LogP contribution in [-0.2, 0) is 16.0 Å². The monoisotopic (exact) mass is 263 g/mol. The molecule has 106 valence electrons. The van der Waals surface area contributed by atoms with Crippen molar-refractivity contribution in [2.75, 3.05) is 19.8 Å². The molecule has 1 rings (SSSR count). The summed E-state index contributed by atoms with van der Waals surface area (Å²) in [5.41, 5.74) is 1.30. The van der Waals surface area contributed by atoms with Gasteiger partial charge in [0.15, 0.2) is 0 Å². The van der Waals surface area contributed by atoms with Gasteiger partial charge in [-0.05, 0) is 24.3 Å². The van der Waals surface area contributed by atoms with Crippen LogP contribution < -0.4 is 5.32 Å². The Bertz CT molecular complexity index is 349. The predicted molar refractivity (Wildman–Crippen MR) is 78.0 cm³/mol. The average Bonchev–Trinajstić information content (AvgIpc) is 2.38. The minimum Gasteiger partial charge on any atom is -0.381 e. The molecule has 0 radical (unpaired) electrons. The summed E-state index contributed by atoms with van der Waals surface area (Å²) in [6, 6.07) is 10.3. The lowest BCUT2D eigenvalue weighted by Gasteiger charge is -2.07. The average molecular weight is 263 g/mol. The summed E-state index contributed by atoms with van der Waals surface area (Å²) in [5, 5.41) is 2.90. The number of nitrogens with one attached hydrogen (secondary N) is 1. The molecule has 0 aliphatic carbocycles. The van der Waals surface area contributed by atoms with Crippen LogP contribution in [0.5, 0.6) is 0 Å². The number of amides is 1. The Morgan fingerprint density at radius 2 is 1.95 bits per heavy atom. The Balaban J connectivity index is 1.93. The van der Waals surface area contributed by atoms with E-state index < -0.39 is 0 Å². The van der Waals surface area contributed by atoms with Crippen molar-refractivity contribution in [2.45, 2.75) is 33.1 Å². The first-order valence-electron chi connectivity index (χ1n) is 7.07. The van der Waals surface area contributed by atoms with Crippen molar-refractivity contribution in [3.63, 3.8) is 0 Å². The highest BCUT2D eigenvalue weighted by molar-refractivity contribution is 5.75. The summed E-state index contributed by atoms with van der Waals surface area (Å²) in [6.45, 7) is 6.24. The maximum Gasteiger partial charge on any atom is 0.220 e. The molecule has 0 fully saturated rings. The minimum absolute atomic E-state index is 0.138. The van der Waals surface area contributed by atoms with Crippen LogP contribution in [0.25, 0.3) is 0 Å². The van der Waals surface area contributed by atoms with Crippen LogP contribution in [0.3, 0.4) is 0 Å². The zero-order valence-electron chi connectivity index (χ0n) is 12.0. The number of carbonyl (C=O) groups is 1. The van der Waals surface area contributed by atoms with Gasteiger partial charge in [0.05, 0.1) is 6.61 Å².